The Balaban J connectivity index is 2.43. The third-order valence-corrected chi connectivity index (χ3v) is 6.71. The van der Waals surface area contributed by atoms with Crippen LogP contribution >= 0.6 is 0 Å². The molecule has 0 unspecified atom stereocenters. The molecule has 0 aliphatic heterocycles. The first-order valence-electron chi connectivity index (χ1n) is 11.3. The van der Waals surface area contributed by atoms with E-state index in [4.69, 9.17) is 0 Å². The van der Waals surface area contributed by atoms with Gasteiger partial charge in [0.05, 0.1) is 0 Å². The molecule has 1 aromatic heterocycles. The van der Waals surface area contributed by atoms with Gasteiger partial charge in [-0.25, -0.2) is 23.1 Å². The van der Waals surface area contributed by atoms with E-state index < -0.39 is 15.8 Å². The number of aryl methyl sites for hydroxylation is 1. The molecule has 2 rings (SSSR count). The highest BCUT2D eigenvalue weighted by Crippen LogP contribution is 2.38. The van der Waals surface area contributed by atoms with Crippen molar-refractivity contribution >= 4 is 16.0 Å². The quantitative estimate of drug-likeness (QED) is 0.271. The molecule has 8 heteroatoms. The zero-order chi connectivity index (χ0) is 24.4. The van der Waals surface area contributed by atoms with E-state index in [1.54, 1.807) is 6.07 Å². The molecule has 0 saturated carbocycles. The number of aromatic nitrogens is 2. The molecule has 33 heavy (non-hydrogen) atoms. The summed E-state index contributed by atoms with van der Waals surface area (Å²) in [5, 5.41) is 21.7. The predicted molar refractivity (Wildman–Crippen MR) is 132 cm³/mol. The van der Waals surface area contributed by atoms with Crippen molar-refractivity contribution in [1.82, 2.24) is 9.97 Å². The van der Waals surface area contributed by atoms with Crippen molar-refractivity contribution in [2.24, 2.45) is 0 Å². The van der Waals surface area contributed by atoms with Gasteiger partial charge in [-0.3, -0.25) is 0 Å². The van der Waals surface area contributed by atoms with E-state index in [-0.39, 0.29) is 28.6 Å². The van der Waals surface area contributed by atoms with Crippen LogP contribution in [0.4, 0.5) is 5.95 Å². The summed E-state index contributed by atoms with van der Waals surface area (Å²) in [6, 6.07) is 3.04. The number of nitrogens with zero attached hydrogens (tertiary/aromatic N) is 2. The number of allylic oxidation sites excluding steroid dienone is 4. The molecule has 0 amide bonds. The molecule has 0 atom stereocenters. The summed E-state index contributed by atoms with van der Waals surface area (Å²) in [6.45, 7) is 8.13. The van der Waals surface area contributed by atoms with Crippen LogP contribution in [0.3, 0.4) is 0 Å². The van der Waals surface area contributed by atoms with Gasteiger partial charge in [0.1, 0.15) is 16.4 Å². The second-order valence-corrected chi connectivity index (χ2v) is 10.0. The van der Waals surface area contributed by atoms with E-state index in [9.17, 15) is 18.6 Å². The molecule has 1 heterocycles. The van der Waals surface area contributed by atoms with Gasteiger partial charge < -0.3 is 10.2 Å². The third kappa shape index (κ3) is 7.89. The van der Waals surface area contributed by atoms with E-state index in [1.807, 2.05) is 26.8 Å². The summed E-state index contributed by atoms with van der Waals surface area (Å²) < 4.78 is 28.8. The molecule has 0 aliphatic rings. The number of unbranched alkanes of at least 4 members (excludes halogenated alkanes) is 2. The number of anilines is 1. The number of aromatic hydroxyl groups is 2. The second-order valence-electron chi connectivity index (χ2n) is 8.42. The van der Waals surface area contributed by atoms with Crippen molar-refractivity contribution < 1.29 is 18.6 Å². The Labute approximate surface area is 197 Å². The highest BCUT2D eigenvalue weighted by molar-refractivity contribution is 7.92. The Morgan fingerprint density at radius 3 is 2.42 bits per heavy atom. The maximum absolute atomic E-state index is 13.2. The topological polar surface area (TPSA) is 112 Å². The molecule has 7 nitrogen and oxygen atoms in total. The molecule has 0 bridgehead atoms. The van der Waals surface area contributed by atoms with Gasteiger partial charge in [0.15, 0.2) is 0 Å². The highest BCUT2D eigenvalue weighted by atomic mass is 32.2. The molecule has 0 spiro atoms. The number of nitrogens with one attached hydrogen (secondary N) is 1. The first kappa shape index (κ1) is 26.4. The summed E-state index contributed by atoms with van der Waals surface area (Å²) in [7, 11) is -4.18. The largest absolute Gasteiger partial charge is 0.508 e. The molecule has 1 aromatic carbocycles. The van der Waals surface area contributed by atoms with E-state index in [2.05, 4.69) is 27.7 Å². The van der Waals surface area contributed by atoms with Crippen LogP contribution in [0.1, 0.15) is 70.9 Å². The Morgan fingerprint density at radius 1 is 1.09 bits per heavy atom. The number of hydrogen-bond donors (Lipinski definition) is 3. The minimum absolute atomic E-state index is 0.0824. The molecule has 3 N–H and O–H groups in total. The molecule has 0 fully saturated rings. The SMILES string of the molecule is CCCCCc1cc(O)c(C/C=C(\C)CCC=C(C)C)c(O)c1S(=O)(=O)Nc1ncccn1. The van der Waals surface area contributed by atoms with Gasteiger partial charge >= 0.3 is 0 Å². The van der Waals surface area contributed by atoms with Crippen LogP contribution in [0, 0.1) is 0 Å². The standard InChI is InChI=1S/C25H35N3O4S/c1-5-6-7-12-20-17-22(29)21(14-13-19(4)11-8-10-18(2)3)23(30)24(20)33(31,32)28-25-26-15-9-16-27-25/h9-10,13,15-17,29-30H,5-8,11-12,14H2,1-4H3,(H,26,27,28)/b19-13+. The number of sulfonamides is 1. The normalized spacial score (nSPS) is 11.9. The van der Waals surface area contributed by atoms with Crippen molar-refractivity contribution in [3.63, 3.8) is 0 Å². The lowest BCUT2D eigenvalue weighted by Crippen LogP contribution is -2.17. The van der Waals surface area contributed by atoms with Crippen molar-refractivity contribution in [1.29, 1.82) is 0 Å². The minimum Gasteiger partial charge on any atom is -0.508 e. The fourth-order valence-corrected chi connectivity index (χ4v) is 4.80. The van der Waals surface area contributed by atoms with Crippen molar-refractivity contribution in [2.45, 2.75) is 77.5 Å². The van der Waals surface area contributed by atoms with Crippen LogP contribution in [0.5, 0.6) is 11.5 Å². The summed E-state index contributed by atoms with van der Waals surface area (Å²) in [6.07, 6.45) is 11.9. The van der Waals surface area contributed by atoms with Crippen molar-refractivity contribution in [3.05, 3.63) is 59.0 Å². The Kier molecular flexibility index (Phi) is 9.91. The maximum Gasteiger partial charge on any atom is 0.268 e. The summed E-state index contributed by atoms with van der Waals surface area (Å²) in [4.78, 5) is 7.61. The van der Waals surface area contributed by atoms with Gasteiger partial charge in [0, 0.05) is 18.0 Å². The van der Waals surface area contributed by atoms with Crippen LogP contribution in [0.25, 0.3) is 0 Å². The number of phenols is 2. The molecule has 0 saturated heterocycles. The van der Waals surface area contributed by atoms with E-state index in [0.29, 0.717) is 12.0 Å². The monoisotopic (exact) mass is 473 g/mol. The van der Waals surface area contributed by atoms with E-state index in [1.165, 1.54) is 24.0 Å². The van der Waals surface area contributed by atoms with E-state index in [0.717, 1.165) is 37.7 Å². The van der Waals surface area contributed by atoms with Crippen LogP contribution in [0.15, 0.2) is 52.7 Å². The Morgan fingerprint density at radius 2 is 1.79 bits per heavy atom. The summed E-state index contributed by atoms with van der Waals surface area (Å²) in [5.41, 5.74) is 2.90. The fraction of sp³-hybridized carbons (Fsp3) is 0.440. The van der Waals surface area contributed by atoms with Gasteiger partial charge in [-0.15, -0.1) is 0 Å². The molecule has 180 valence electrons. The second kappa shape index (κ2) is 12.4. The van der Waals surface area contributed by atoms with Crippen LogP contribution in [0.2, 0.25) is 0 Å². The number of phenolic OH excluding ortho intramolecular Hbond substituents is 2. The van der Waals surface area contributed by atoms with Crippen LogP contribution < -0.4 is 4.72 Å². The fourth-order valence-electron chi connectivity index (χ4n) is 3.47. The molecule has 0 radical (unpaired) electrons. The van der Waals surface area contributed by atoms with Gasteiger partial charge in [0.25, 0.3) is 10.0 Å². The van der Waals surface area contributed by atoms with Crippen LogP contribution in [-0.2, 0) is 22.9 Å². The predicted octanol–water partition coefficient (Wildman–Crippen LogP) is 5.66. The number of benzene rings is 1. The summed E-state index contributed by atoms with van der Waals surface area (Å²) >= 11 is 0. The lowest BCUT2D eigenvalue weighted by molar-refractivity contribution is 0.427. The zero-order valence-corrected chi connectivity index (χ0v) is 20.7. The lowest BCUT2D eigenvalue weighted by Gasteiger charge is -2.17. The number of rotatable bonds is 12. The van der Waals surface area contributed by atoms with Crippen molar-refractivity contribution in [2.75, 3.05) is 4.72 Å². The van der Waals surface area contributed by atoms with Gasteiger partial charge in [-0.1, -0.05) is 43.1 Å². The van der Waals surface area contributed by atoms with Gasteiger partial charge in [-0.2, -0.15) is 0 Å². The average molecular weight is 474 g/mol. The van der Waals surface area contributed by atoms with Crippen molar-refractivity contribution in [3.8, 4) is 11.5 Å². The highest BCUT2D eigenvalue weighted by Gasteiger charge is 2.28. The summed E-state index contributed by atoms with van der Waals surface area (Å²) in [5.74, 6) is -0.624. The van der Waals surface area contributed by atoms with E-state index >= 15 is 0 Å². The number of hydrogen-bond acceptors (Lipinski definition) is 6. The average Bonchev–Trinajstić information content (AvgIpc) is 2.73. The third-order valence-electron chi connectivity index (χ3n) is 5.27. The zero-order valence-electron chi connectivity index (χ0n) is 19.9. The first-order valence-corrected chi connectivity index (χ1v) is 12.8. The van der Waals surface area contributed by atoms with Gasteiger partial charge in [0.2, 0.25) is 5.95 Å². The lowest BCUT2D eigenvalue weighted by atomic mass is 10.00. The minimum atomic E-state index is -4.18. The molecule has 0 aliphatic carbocycles. The van der Waals surface area contributed by atoms with Gasteiger partial charge in [-0.05, 0) is 70.6 Å². The Bertz CT molecular complexity index is 1090. The maximum atomic E-state index is 13.2. The smallest absolute Gasteiger partial charge is 0.268 e. The first-order chi connectivity index (χ1) is 15.7. The Hall–Kier alpha value is -2.87. The molecular formula is C25H35N3O4S. The molecule has 2 aromatic rings. The molecular weight excluding hydrogens is 438 g/mol. The van der Waals surface area contributed by atoms with Crippen LogP contribution in [-0.4, -0.2) is 28.6 Å².